The summed E-state index contributed by atoms with van der Waals surface area (Å²) in [6, 6.07) is 4.49. The Labute approximate surface area is 161 Å². The van der Waals surface area contributed by atoms with Gasteiger partial charge in [0.25, 0.3) is 5.91 Å². The van der Waals surface area contributed by atoms with Gasteiger partial charge in [0, 0.05) is 26.2 Å². The maximum atomic E-state index is 13.0. The molecule has 0 aliphatic carbocycles. The molecular formula is C19H27ClN2O3S. The molecule has 2 aliphatic heterocycles. The topological polar surface area (TPSA) is 57.7 Å². The highest BCUT2D eigenvalue weighted by Crippen LogP contribution is 2.28. The van der Waals surface area contributed by atoms with Crippen molar-refractivity contribution < 1.29 is 13.2 Å². The fourth-order valence-electron chi connectivity index (χ4n) is 3.75. The van der Waals surface area contributed by atoms with Crippen LogP contribution in [0.25, 0.3) is 0 Å². The van der Waals surface area contributed by atoms with Gasteiger partial charge in [-0.3, -0.25) is 4.79 Å². The molecule has 0 unspecified atom stereocenters. The third-order valence-corrected chi connectivity index (χ3v) is 7.72. The summed E-state index contributed by atoms with van der Waals surface area (Å²) in [4.78, 5) is 14.8. The van der Waals surface area contributed by atoms with E-state index in [0.29, 0.717) is 43.0 Å². The molecule has 5 nitrogen and oxygen atoms in total. The summed E-state index contributed by atoms with van der Waals surface area (Å²) < 4.78 is 27.5. The van der Waals surface area contributed by atoms with Crippen LogP contribution in [0.5, 0.6) is 0 Å². The van der Waals surface area contributed by atoms with E-state index in [1.54, 1.807) is 4.90 Å². The first-order chi connectivity index (χ1) is 12.3. The van der Waals surface area contributed by atoms with Crippen LogP contribution in [0.2, 0.25) is 5.02 Å². The predicted molar refractivity (Wildman–Crippen MR) is 103 cm³/mol. The van der Waals surface area contributed by atoms with E-state index >= 15 is 0 Å². The number of piperidine rings is 2. The number of benzene rings is 1. The Bertz CT molecular complexity index is 773. The summed E-state index contributed by atoms with van der Waals surface area (Å²) in [7, 11) is -3.60. The van der Waals surface area contributed by atoms with Crippen LogP contribution in [0.3, 0.4) is 0 Å². The lowest BCUT2D eigenvalue weighted by molar-refractivity contribution is 0.0683. The van der Waals surface area contributed by atoms with Gasteiger partial charge in [-0.25, -0.2) is 8.42 Å². The fourth-order valence-corrected chi connectivity index (χ4v) is 5.44. The molecule has 1 amide bonds. The number of carbonyl (C=O) groups excluding carboxylic acids is 1. The van der Waals surface area contributed by atoms with Crippen LogP contribution < -0.4 is 0 Å². The van der Waals surface area contributed by atoms with Crippen LogP contribution in [0.15, 0.2) is 23.1 Å². The summed E-state index contributed by atoms with van der Waals surface area (Å²) in [6.07, 6.45) is 3.81. The van der Waals surface area contributed by atoms with Gasteiger partial charge >= 0.3 is 0 Å². The molecule has 2 heterocycles. The minimum Gasteiger partial charge on any atom is -0.338 e. The SMILES string of the molecule is CC1CCN(S(=O)(=O)c2ccc(Cl)c(C(=O)N3CCC[C@@H](C)C3)c2)CC1. The number of hydrogen-bond donors (Lipinski definition) is 0. The Morgan fingerprint density at radius 1 is 1.08 bits per heavy atom. The normalized spacial score (nSPS) is 23.2. The zero-order chi connectivity index (χ0) is 18.9. The summed E-state index contributed by atoms with van der Waals surface area (Å²) in [5, 5.41) is 0.305. The molecule has 0 N–H and O–H groups in total. The van der Waals surface area contributed by atoms with Crippen molar-refractivity contribution in [3.63, 3.8) is 0 Å². The molecule has 3 rings (SSSR count). The van der Waals surface area contributed by atoms with Gasteiger partial charge in [0.2, 0.25) is 10.0 Å². The maximum absolute atomic E-state index is 13.0. The second-order valence-corrected chi connectivity index (χ2v) is 10.1. The smallest absolute Gasteiger partial charge is 0.255 e. The first-order valence-electron chi connectivity index (χ1n) is 9.38. The molecule has 2 saturated heterocycles. The van der Waals surface area contributed by atoms with E-state index in [1.807, 2.05) is 0 Å². The Morgan fingerprint density at radius 2 is 1.77 bits per heavy atom. The van der Waals surface area contributed by atoms with Gasteiger partial charge in [0.15, 0.2) is 0 Å². The van der Waals surface area contributed by atoms with Crippen molar-refractivity contribution in [2.75, 3.05) is 26.2 Å². The molecular weight excluding hydrogens is 372 g/mol. The van der Waals surface area contributed by atoms with Gasteiger partial charge in [-0.2, -0.15) is 4.31 Å². The molecule has 0 radical (unpaired) electrons. The quantitative estimate of drug-likeness (QED) is 0.781. The number of amides is 1. The van der Waals surface area contributed by atoms with Crippen molar-refractivity contribution >= 4 is 27.5 Å². The zero-order valence-corrected chi connectivity index (χ0v) is 17.0. The number of carbonyl (C=O) groups is 1. The van der Waals surface area contributed by atoms with E-state index < -0.39 is 10.0 Å². The van der Waals surface area contributed by atoms with Crippen LogP contribution in [0, 0.1) is 11.8 Å². The molecule has 0 aromatic heterocycles. The first-order valence-corrected chi connectivity index (χ1v) is 11.2. The molecule has 26 heavy (non-hydrogen) atoms. The average Bonchev–Trinajstić information content (AvgIpc) is 2.62. The molecule has 0 saturated carbocycles. The van der Waals surface area contributed by atoms with Crippen molar-refractivity contribution in [1.29, 1.82) is 0 Å². The van der Waals surface area contributed by atoms with Gasteiger partial charge in [-0.1, -0.05) is 25.4 Å². The predicted octanol–water partition coefficient (Wildman–Crippen LogP) is 3.63. The second kappa shape index (κ2) is 7.87. The summed E-state index contributed by atoms with van der Waals surface area (Å²) in [6.45, 7) is 6.71. The standard InChI is InChI=1S/C19H27ClN2O3S/c1-14-7-10-22(11-8-14)26(24,25)16-5-6-18(20)17(12-16)19(23)21-9-3-4-15(2)13-21/h5-6,12,14-15H,3-4,7-11,13H2,1-2H3/t15-/m1/s1. The minimum absolute atomic E-state index is 0.157. The largest absolute Gasteiger partial charge is 0.338 e. The molecule has 0 bridgehead atoms. The summed E-state index contributed by atoms with van der Waals surface area (Å²) >= 11 is 6.25. The molecule has 144 valence electrons. The third kappa shape index (κ3) is 4.07. The van der Waals surface area contributed by atoms with E-state index in [1.165, 1.54) is 22.5 Å². The minimum atomic E-state index is -3.60. The molecule has 2 aliphatic rings. The van der Waals surface area contributed by atoms with Crippen molar-refractivity contribution in [1.82, 2.24) is 9.21 Å². The van der Waals surface area contributed by atoms with Crippen LogP contribution in [0.4, 0.5) is 0 Å². The van der Waals surface area contributed by atoms with E-state index in [0.717, 1.165) is 25.7 Å². The second-order valence-electron chi connectivity index (χ2n) is 7.73. The van der Waals surface area contributed by atoms with Gasteiger partial charge in [0.1, 0.15) is 0 Å². The molecule has 0 spiro atoms. The van der Waals surface area contributed by atoms with Crippen molar-refractivity contribution in [3.8, 4) is 0 Å². The third-order valence-electron chi connectivity index (χ3n) is 5.49. The molecule has 2 fully saturated rings. The number of rotatable bonds is 3. The summed E-state index contributed by atoms with van der Waals surface area (Å²) in [5.41, 5.74) is 0.284. The van der Waals surface area contributed by atoms with Crippen LogP contribution in [-0.4, -0.2) is 49.7 Å². The van der Waals surface area contributed by atoms with Crippen molar-refractivity contribution in [2.45, 2.75) is 44.4 Å². The monoisotopic (exact) mass is 398 g/mol. The van der Waals surface area contributed by atoms with Gasteiger partial charge < -0.3 is 4.90 Å². The van der Waals surface area contributed by atoms with Crippen molar-refractivity contribution in [2.24, 2.45) is 11.8 Å². The van der Waals surface area contributed by atoms with Gasteiger partial charge in [-0.15, -0.1) is 0 Å². The van der Waals surface area contributed by atoms with Gasteiger partial charge in [0.05, 0.1) is 15.5 Å². The van der Waals surface area contributed by atoms with E-state index in [9.17, 15) is 13.2 Å². The molecule has 1 atom stereocenters. The highest BCUT2D eigenvalue weighted by molar-refractivity contribution is 7.89. The number of halogens is 1. The first kappa shape index (κ1) is 19.6. The van der Waals surface area contributed by atoms with Crippen LogP contribution >= 0.6 is 11.6 Å². The van der Waals surface area contributed by atoms with Gasteiger partial charge in [-0.05, 0) is 55.7 Å². The number of nitrogens with zero attached hydrogens (tertiary/aromatic N) is 2. The number of sulfonamides is 1. The van der Waals surface area contributed by atoms with Crippen LogP contribution in [-0.2, 0) is 10.0 Å². The maximum Gasteiger partial charge on any atom is 0.255 e. The number of likely N-dealkylation sites (tertiary alicyclic amines) is 1. The van der Waals surface area contributed by atoms with E-state index in [2.05, 4.69) is 13.8 Å². The molecule has 7 heteroatoms. The Kier molecular flexibility index (Phi) is 5.94. The van der Waals surface area contributed by atoms with Crippen molar-refractivity contribution in [3.05, 3.63) is 28.8 Å². The lowest BCUT2D eigenvalue weighted by Gasteiger charge is -2.31. The molecule has 1 aromatic carbocycles. The van der Waals surface area contributed by atoms with E-state index in [4.69, 9.17) is 11.6 Å². The Hall–Kier alpha value is -1.11. The highest BCUT2D eigenvalue weighted by Gasteiger charge is 2.30. The average molecular weight is 399 g/mol. The summed E-state index contributed by atoms with van der Waals surface area (Å²) in [5.74, 6) is 0.824. The Balaban J connectivity index is 1.86. The fraction of sp³-hybridized carbons (Fsp3) is 0.632. The number of hydrogen-bond acceptors (Lipinski definition) is 3. The zero-order valence-electron chi connectivity index (χ0n) is 15.4. The van der Waals surface area contributed by atoms with Crippen LogP contribution in [0.1, 0.15) is 49.9 Å². The van der Waals surface area contributed by atoms with E-state index in [-0.39, 0.29) is 16.4 Å². The Morgan fingerprint density at radius 3 is 2.42 bits per heavy atom. The highest BCUT2D eigenvalue weighted by atomic mass is 35.5. The lowest BCUT2D eigenvalue weighted by atomic mass is 9.99. The lowest BCUT2D eigenvalue weighted by Crippen LogP contribution is -2.39. The molecule has 1 aromatic rings.